The van der Waals surface area contributed by atoms with E-state index in [-0.39, 0.29) is 24.2 Å². The van der Waals surface area contributed by atoms with Gasteiger partial charge in [0.1, 0.15) is 11.4 Å². The molecule has 0 aliphatic rings. The van der Waals surface area contributed by atoms with Crippen molar-refractivity contribution in [2.45, 2.75) is 59.5 Å². The number of rotatable bonds is 9. The first-order valence-corrected chi connectivity index (χ1v) is 12.5. The van der Waals surface area contributed by atoms with E-state index in [0.29, 0.717) is 18.0 Å². The van der Waals surface area contributed by atoms with Gasteiger partial charge in [-0.3, -0.25) is 9.69 Å². The van der Waals surface area contributed by atoms with E-state index in [0.717, 1.165) is 15.6 Å². The second-order valence-electron chi connectivity index (χ2n) is 9.38. The molecule has 1 amide bonds. The van der Waals surface area contributed by atoms with Gasteiger partial charge in [0.15, 0.2) is 0 Å². The lowest BCUT2D eigenvalue weighted by molar-refractivity contribution is -0.143. The highest BCUT2D eigenvalue weighted by Gasteiger charge is 2.27. The molecular weight excluding hydrogens is 510 g/mol. The molecule has 190 valence electrons. The van der Waals surface area contributed by atoms with Crippen LogP contribution in [0.15, 0.2) is 64.8 Å². The highest BCUT2D eigenvalue weighted by Crippen LogP contribution is 2.35. The number of nitrogens with zero attached hydrogens (tertiary/aromatic N) is 1. The van der Waals surface area contributed by atoms with Crippen LogP contribution < -0.4 is 9.64 Å². The second kappa shape index (κ2) is 12.8. The molecule has 0 bridgehead atoms. The van der Waals surface area contributed by atoms with Crippen molar-refractivity contribution in [1.29, 1.82) is 0 Å². The van der Waals surface area contributed by atoms with Crippen LogP contribution in [0.3, 0.4) is 0 Å². The van der Waals surface area contributed by atoms with E-state index in [1.54, 1.807) is 32.4 Å². The average molecular weight is 547 g/mol. The molecule has 7 heteroatoms. The monoisotopic (exact) mass is 545 g/mol. The highest BCUT2D eigenvalue weighted by molar-refractivity contribution is 9.10. The maximum Gasteiger partial charge on any atom is 0.418 e. The number of esters is 1. The molecule has 0 saturated heterocycles. The van der Waals surface area contributed by atoms with Gasteiger partial charge < -0.3 is 14.2 Å². The van der Waals surface area contributed by atoms with Crippen LogP contribution in [0, 0.1) is 5.92 Å². The van der Waals surface area contributed by atoms with Crippen molar-refractivity contribution in [1.82, 2.24) is 0 Å². The first-order chi connectivity index (χ1) is 16.4. The van der Waals surface area contributed by atoms with Crippen molar-refractivity contribution in [3.63, 3.8) is 0 Å². The molecule has 0 saturated carbocycles. The molecule has 0 heterocycles. The number of allylic oxidation sites excluding steroid dienone is 1. The summed E-state index contributed by atoms with van der Waals surface area (Å²) in [5.41, 5.74) is 1.94. The van der Waals surface area contributed by atoms with Crippen molar-refractivity contribution in [2.24, 2.45) is 5.92 Å². The summed E-state index contributed by atoms with van der Waals surface area (Å²) in [6.45, 7) is 11.6. The third kappa shape index (κ3) is 8.73. The maximum atomic E-state index is 13.2. The fraction of sp³-hybridized carbons (Fsp3) is 0.429. The molecule has 0 fully saturated rings. The number of benzene rings is 2. The third-order valence-corrected chi connectivity index (χ3v) is 6.11. The van der Waals surface area contributed by atoms with Gasteiger partial charge in [-0.2, -0.15) is 0 Å². The Bertz CT molecular complexity index is 1010. The number of anilines is 1. The zero-order valence-corrected chi connectivity index (χ0v) is 23.2. The summed E-state index contributed by atoms with van der Waals surface area (Å²) in [6.07, 6.45) is 1.54. The minimum absolute atomic E-state index is 0.0660. The molecule has 6 nitrogen and oxygen atoms in total. The molecule has 0 radical (unpaired) electrons. The zero-order valence-electron chi connectivity index (χ0n) is 21.6. The average Bonchev–Trinajstić information content (AvgIpc) is 2.80. The third-order valence-electron chi connectivity index (χ3n) is 5.59. The first kappa shape index (κ1) is 28.4. The number of methoxy groups -OCH3 is 1. The Morgan fingerprint density at radius 3 is 2.17 bits per heavy atom. The number of carbonyl (C=O) groups excluding carboxylic acids is 2. The van der Waals surface area contributed by atoms with Crippen molar-refractivity contribution in [2.75, 3.05) is 18.6 Å². The standard InChI is InChI=1S/C28H36BrNO5/c1-8-34-26(31)17-25(21-9-11-22(29)12-10-21)20(3)19(2)18-30(27(32)35-28(4,5)6)23-13-15-24(33-7)16-14-23/h9-16,18,20,25H,8,17H2,1-7H3/b19-18-/t20-,25-/m0/s1. The van der Waals surface area contributed by atoms with E-state index < -0.39 is 11.7 Å². The van der Waals surface area contributed by atoms with Gasteiger partial charge >= 0.3 is 12.1 Å². The Labute approximate surface area is 217 Å². The summed E-state index contributed by atoms with van der Waals surface area (Å²) in [4.78, 5) is 27.1. The molecule has 2 rings (SSSR count). The first-order valence-electron chi connectivity index (χ1n) is 11.7. The number of halogens is 1. The highest BCUT2D eigenvalue weighted by atomic mass is 79.9. The summed E-state index contributed by atoms with van der Waals surface area (Å²) >= 11 is 3.47. The van der Waals surface area contributed by atoms with Crippen LogP contribution in [0.25, 0.3) is 0 Å². The lowest BCUT2D eigenvalue weighted by atomic mass is 9.81. The van der Waals surface area contributed by atoms with Crippen molar-refractivity contribution in [3.8, 4) is 5.75 Å². The van der Waals surface area contributed by atoms with Crippen LogP contribution in [0.4, 0.5) is 10.5 Å². The molecule has 0 unspecified atom stereocenters. The Hall–Kier alpha value is -2.80. The summed E-state index contributed by atoms with van der Waals surface area (Å²) in [5, 5.41) is 0. The van der Waals surface area contributed by atoms with E-state index in [2.05, 4.69) is 22.9 Å². The number of hydrogen-bond acceptors (Lipinski definition) is 5. The summed E-state index contributed by atoms with van der Waals surface area (Å²) in [6, 6.07) is 15.1. The SMILES string of the molecule is CCOC(=O)C[C@H](c1ccc(Br)cc1)[C@@H](C)/C(C)=C\N(C(=O)OC(C)(C)C)c1ccc(OC)cc1. The summed E-state index contributed by atoms with van der Waals surface area (Å²) < 4.78 is 17.1. The second-order valence-corrected chi connectivity index (χ2v) is 10.3. The molecule has 0 spiro atoms. The molecule has 0 N–H and O–H groups in total. The van der Waals surface area contributed by atoms with E-state index in [1.165, 1.54) is 4.90 Å². The molecule has 0 aliphatic heterocycles. The van der Waals surface area contributed by atoms with Crippen LogP contribution in [-0.2, 0) is 14.3 Å². The number of ether oxygens (including phenoxy) is 3. The topological polar surface area (TPSA) is 65.1 Å². The molecule has 0 aliphatic carbocycles. The molecule has 35 heavy (non-hydrogen) atoms. The lowest BCUT2D eigenvalue weighted by Crippen LogP contribution is -2.34. The summed E-state index contributed by atoms with van der Waals surface area (Å²) in [7, 11) is 1.60. The van der Waals surface area contributed by atoms with E-state index in [4.69, 9.17) is 14.2 Å². The van der Waals surface area contributed by atoms with Gasteiger partial charge in [0, 0.05) is 16.6 Å². The molecule has 2 aromatic rings. The van der Waals surface area contributed by atoms with Crippen LogP contribution in [0.1, 0.15) is 59.4 Å². The Balaban J connectivity index is 2.45. The van der Waals surface area contributed by atoms with Crippen molar-refractivity contribution >= 4 is 33.7 Å². The molecular formula is C28H36BrNO5. The quantitative estimate of drug-likeness (QED) is 0.305. The van der Waals surface area contributed by atoms with Gasteiger partial charge in [0.2, 0.25) is 0 Å². The van der Waals surface area contributed by atoms with E-state index in [1.807, 2.05) is 64.1 Å². The number of hydrogen-bond donors (Lipinski definition) is 0. The predicted octanol–water partition coefficient (Wildman–Crippen LogP) is 7.48. The fourth-order valence-corrected chi connectivity index (χ4v) is 3.88. The summed E-state index contributed by atoms with van der Waals surface area (Å²) in [5.74, 6) is 0.245. The number of carbonyl (C=O) groups is 2. The molecule has 0 aromatic heterocycles. The van der Waals surface area contributed by atoms with Crippen LogP contribution in [0.5, 0.6) is 5.75 Å². The van der Waals surface area contributed by atoms with Gasteiger partial charge in [-0.1, -0.05) is 40.6 Å². The van der Waals surface area contributed by atoms with Crippen LogP contribution in [-0.4, -0.2) is 31.4 Å². The van der Waals surface area contributed by atoms with Gasteiger partial charge in [0.05, 0.1) is 25.8 Å². The fourth-order valence-electron chi connectivity index (χ4n) is 3.62. The Morgan fingerprint density at radius 1 is 1.06 bits per heavy atom. The van der Waals surface area contributed by atoms with Crippen LogP contribution >= 0.6 is 15.9 Å². The van der Waals surface area contributed by atoms with Gasteiger partial charge in [-0.05, 0) is 82.5 Å². The maximum absolute atomic E-state index is 13.2. The van der Waals surface area contributed by atoms with Gasteiger partial charge in [0.25, 0.3) is 0 Å². The van der Waals surface area contributed by atoms with Crippen LogP contribution in [0.2, 0.25) is 0 Å². The predicted molar refractivity (Wildman–Crippen MR) is 143 cm³/mol. The smallest absolute Gasteiger partial charge is 0.418 e. The largest absolute Gasteiger partial charge is 0.497 e. The van der Waals surface area contributed by atoms with Crippen molar-refractivity contribution in [3.05, 3.63) is 70.3 Å². The number of amides is 1. The zero-order chi connectivity index (χ0) is 26.2. The minimum Gasteiger partial charge on any atom is -0.497 e. The van der Waals surface area contributed by atoms with E-state index >= 15 is 0 Å². The van der Waals surface area contributed by atoms with Crippen molar-refractivity contribution < 1.29 is 23.8 Å². The minimum atomic E-state index is -0.654. The van der Waals surface area contributed by atoms with E-state index in [9.17, 15) is 9.59 Å². The Morgan fingerprint density at radius 2 is 1.66 bits per heavy atom. The lowest BCUT2D eigenvalue weighted by Gasteiger charge is -2.28. The van der Waals surface area contributed by atoms with Gasteiger partial charge in [-0.15, -0.1) is 0 Å². The normalized spacial score (nSPS) is 13.5. The molecule has 2 aromatic carbocycles. The van der Waals surface area contributed by atoms with Gasteiger partial charge in [-0.25, -0.2) is 4.79 Å². The molecule has 2 atom stereocenters. The Kier molecular flexibility index (Phi) is 10.4.